The van der Waals surface area contributed by atoms with E-state index in [0.29, 0.717) is 45.2 Å². The number of thiocarbonyl (C=S) groups is 1. The molecule has 1 aliphatic rings. The van der Waals surface area contributed by atoms with Crippen LogP contribution in [0.4, 0.5) is 0 Å². The molecular formula is C28H24BrNO5S2. The van der Waals surface area contributed by atoms with Crippen LogP contribution < -0.4 is 9.47 Å². The van der Waals surface area contributed by atoms with Gasteiger partial charge in [0.15, 0.2) is 17.5 Å². The molecule has 1 atom stereocenters. The fraction of sp³-hybridized carbons (Fsp3) is 0.179. The monoisotopic (exact) mass is 597 g/mol. The van der Waals surface area contributed by atoms with Gasteiger partial charge in [0.05, 0.1) is 22.6 Å². The molecule has 1 unspecified atom stereocenters. The number of thioether (sulfide) groups is 1. The molecule has 0 radical (unpaired) electrons. The van der Waals surface area contributed by atoms with Crippen molar-refractivity contribution < 1.29 is 24.2 Å². The summed E-state index contributed by atoms with van der Waals surface area (Å²) >= 11 is 10.1. The lowest BCUT2D eigenvalue weighted by Gasteiger charge is -2.23. The highest BCUT2D eigenvalue weighted by atomic mass is 79.9. The first-order chi connectivity index (χ1) is 17.9. The second kappa shape index (κ2) is 12.4. The van der Waals surface area contributed by atoms with Gasteiger partial charge in [0.25, 0.3) is 5.91 Å². The highest BCUT2D eigenvalue weighted by molar-refractivity contribution is 9.10. The van der Waals surface area contributed by atoms with Crippen LogP contribution in [0.5, 0.6) is 11.5 Å². The van der Waals surface area contributed by atoms with Gasteiger partial charge < -0.3 is 14.6 Å². The summed E-state index contributed by atoms with van der Waals surface area (Å²) in [6, 6.07) is 21.1. The van der Waals surface area contributed by atoms with E-state index < -0.39 is 17.9 Å². The zero-order valence-electron chi connectivity index (χ0n) is 19.9. The van der Waals surface area contributed by atoms with Crippen LogP contribution in [0.1, 0.15) is 29.7 Å². The Morgan fingerprint density at radius 2 is 1.78 bits per heavy atom. The molecule has 6 nitrogen and oxygen atoms in total. The number of carboxylic acids is 1. The first-order valence-electron chi connectivity index (χ1n) is 11.6. The molecule has 1 aliphatic heterocycles. The van der Waals surface area contributed by atoms with Crippen LogP contribution in [0.15, 0.2) is 82.2 Å². The van der Waals surface area contributed by atoms with Crippen molar-refractivity contribution >= 4 is 62.2 Å². The van der Waals surface area contributed by atoms with Crippen molar-refractivity contribution in [2.24, 2.45) is 0 Å². The summed E-state index contributed by atoms with van der Waals surface area (Å²) in [5, 5.41) is 9.89. The SMILES string of the molecule is CCOc1cc(/C=C2\SC(=S)N(C(C(=O)O)c3ccccc3)C2=O)cc(Br)c1OCCc1ccccc1. The number of hydrogen-bond donors (Lipinski definition) is 1. The second-order valence-electron chi connectivity index (χ2n) is 8.05. The van der Waals surface area contributed by atoms with E-state index in [1.165, 1.54) is 5.56 Å². The largest absolute Gasteiger partial charge is 0.490 e. The van der Waals surface area contributed by atoms with Crippen LogP contribution in [0.2, 0.25) is 0 Å². The Bertz CT molecular complexity index is 1330. The zero-order chi connectivity index (χ0) is 26.4. The van der Waals surface area contributed by atoms with Gasteiger partial charge in [-0.05, 0) is 57.8 Å². The summed E-state index contributed by atoms with van der Waals surface area (Å²) in [4.78, 5) is 26.9. The van der Waals surface area contributed by atoms with E-state index in [1.54, 1.807) is 42.5 Å². The Morgan fingerprint density at radius 3 is 2.43 bits per heavy atom. The molecule has 1 fully saturated rings. The van der Waals surface area contributed by atoms with Crippen LogP contribution in [0, 0.1) is 0 Å². The number of amides is 1. The lowest BCUT2D eigenvalue weighted by atomic mass is 10.1. The molecule has 3 aromatic carbocycles. The summed E-state index contributed by atoms with van der Waals surface area (Å²) in [7, 11) is 0. The van der Waals surface area contributed by atoms with E-state index in [0.717, 1.165) is 23.1 Å². The molecule has 9 heteroatoms. The highest BCUT2D eigenvalue weighted by Crippen LogP contribution is 2.41. The molecule has 37 heavy (non-hydrogen) atoms. The summed E-state index contributed by atoms with van der Waals surface area (Å²) < 4.78 is 12.8. The summed E-state index contributed by atoms with van der Waals surface area (Å²) in [6.45, 7) is 2.79. The smallest absolute Gasteiger partial charge is 0.331 e. The minimum Gasteiger partial charge on any atom is -0.490 e. The molecule has 0 aliphatic carbocycles. The Morgan fingerprint density at radius 1 is 1.11 bits per heavy atom. The average Bonchev–Trinajstić information content (AvgIpc) is 3.15. The number of rotatable bonds is 10. The van der Waals surface area contributed by atoms with Crippen molar-refractivity contribution in [3.05, 3.63) is 98.9 Å². The fourth-order valence-corrected chi connectivity index (χ4v) is 5.77. The van der Waals surface area contributed by atoms with E-state index in [4.69, 9.17) is 21.7 Å². The molecule has 0 bridgehead atoms. The van der Waals surface area contributed by atoms with Gasteiger partial charge in [-0.1, -0.05) is 84.6 Å². The second-order valence-corrected chi connectivity index (χ2v) is 10.6. The normalized spacial score (nSPS) is 15.2. The van der Waals surface area contributed by atoms with Gasteiger partial charge in [0.1, 0.15) is 4.32 Å². The zero-order valence-corrected chi connectivity index (χ0v) is 23.1. The highest BCUT2D eigenvalue weighted by Gasteiger charge is 2.41. The van der Waals surface area contributed by atoms with Crippen LogP contribution in [0.3, 0.4) is 0 Å². The number of halogens is 1. The number of aliphatic carboxylic acids is 1. The number of benzene rings is 3. The molecule has 0 saturated carbocycles. The standard InChI is InChI=1S/C28H24BrNO5S2/c1-2-34-22-16-19(15-21(29)25(22)35-14-13-18-9-5-3-6-10-18)17-23-26(31)30(28(36)37-23)24(27(32)33)20-11-7-4-8-12-20/h3-12,15-17,24H,2,13-14H2,1H3,(H,32,33)/b23-17-. The van der Waals surface area contributed by atoms with Gasteiger partial charge >= 0.3 is 5.97 Å². The van der Waals surface area contributed by atoms with Gasteiger partial charge in [-0.25, -0.2) is 4.79 Å². The van der Waals surface area contributed by atoms with Crippen molar-refractivity contribution in [1.29, 1.82) is 0 Å². The lowest BCUT2D eigenvalue weighted by molar-refractivity contribution is -0.145. The Hall–Kier alpha value is -3.14. The number of carbonyl (C=O) groups is 2. The molecule has 0 spiro atoms. The van der Waals surface area contributed by atoms with E-state index >= 15 is 0 Å². The molecule has 0 aromatic heterocycles. The van der Waals surface area contributed by atoms with Gasteiger partial charge in [-0.15, -0.1) is 0 Å². The predicted octanol–water partition coefficient (Wildman–Crippen LogP) is 6.50. The maximum Gasteiger partial charge on any atom is 0.331 e. The maximum atomic E-state index is 13.3. The molecule has 1 amide bonds. The first kappa shape index (κ1) is 26.9. The lowest BCUT2D eigenvalue weighted by Crippen LogP contribution is -2.37. The number of hydrogen-bond acceptors (Lipinski definition) is 6. The van der Waals surface area contributed by atoms with Crippen molar-refractivity contribution in [2.75, 3.05) is 13.2 Å². The third kappa shape index (κ3) is 6.41. The van der Waals surface area contributed by atoms with Crippen molar-refractivity contribution in [2.45, 2.75) is 19.4 Å². The van der Waals surface area contributed by atoms with Crippen molar-refractivity contribution in [3.63, 3.8) is 0 Å². The quantitative estimate of drug-likeness (QED) is 0.211. The van der Waals surface area contributed by atoms with Gasteiger partial charge in [-0.3, -0.25) is 9.69 Å². The molecule has 1 saturated heterocycles. The van der Waals surface area contributed by atoms with Crippen LogP contribution in [0.25, 0.3) is 6.08 Å². The third-order valence-electron chi connectivity index (χ3n) is 5.54. The Balaban J connectivity index is 1.57. The molecule has 3 aromatic rings. The minimum absolute atomic E-state index is 0.192. The average molecular weight is 599 g/mol. The summed E-state index contributed by atoms with van der Waals surface area (Å²) in [6.07, 6.45) is 2.43. The minimum atomic E-state index is -1.20. The van der Waals surface area contributed by atoms with Gasteiger partial charge in [0, 0.05) is 6.42 Å². The molecule has 4 rings (SSSR count). The first-order valence-corrected chi connectivity index (χ1v) is 13.6. The van der Waals surface area contributed by atoms with E-state index in [1.807, 2.05) is 43.3 Å². The number of carbonyl (C=O) groups excluding carboxylic acids is 1. The van der Waals surface area contributed by atoms with Crippen LogP contribution in [-0.4, -0.2) is 39.4 Å². The van der Waals surface area contributed by atoms with E-state index in [-0.39, 0.29) is 4.32 Å². The topological polar surface area (TPSA) is 76.1 Å². The Labute approximate surface area is 233 Å². The van der Waals surface area contributed by atoms with Crippen LogP contribution >= 0.6 is 39.9 Å². The number of ether oxygens (including phenoxy) is 2. The summed E-state index contributed by atoms with van der Waals surface area (Å²) in [5.74, 6) is -0.484. The molecule has 190 valence electrons. The predicted molar refractivity (Wildman–Crippen MR) is 153 cm³/mol. The number of nitrogens with zero attached hydrogens (tertiary/aromatic N) is 1. The van der Waals surface area contributed by atoms with E-state index in [9.17, 15) is 14.7 Å². The fourth-order valence-electron chi connectivity index (χ4n) is 3.88. The third-order valence-corrected chi connectivity index (χ3v) is 7.46. The summed E-state index contributed by atoms with van der Waals surface area (Å²) in [5.41, 5.74) is 2.34. The van der Waals surface area contributed by atoms with E-state index in [2.05, 4.69) is 15.9 Å². The molecule has 1 heterocycles. The van der Waals surface area contributed by atoms with Crippen molar-refractivity contribution in [1.82, 2.24) is 4.90 Å². The van der Waals surface area contributed by atoms with Gasteiger partial charge in [0.2, 0.25) is 0 Å². The Kier molecular flexibility index (Phi) is 9.02. The van der Waals surface area contributed by atoms with Crippen LogP contribution in [-0.2, 0) is 16.0 Å². The van der Waals surface area contributed by atoms with Gasteiger partial charge in [-0.2, -0.15) is 0 Å². The number of carboxylic acid groups (broad SMARTS) is 1. The van der Waals surface area contributed by atoms with Crippen molar-refractivity contribution in [3.8, 4) is 11.5 Å². The molecular weight excluding hydrogens is 574 g/mol. The maximum absolute atomic E-state index is 13.3. The molecule has 1 N–H and O–H groups in total.